The van der Waals surface area contributed by atoms with Crippen LogP contribution in [0.2, 0.25) is 0 Å². The van der Waals surface area contributed by atoms with Gasteiger partial charge >= 0.3 is 0 Å². The molecule has 1 fully saturated rings. The SMILES string of the molecule is CN(C)Cc1cccc(NCC2CCCN(C)C2)c1. The zero-order chi connectivity index (χ0) is 13.7. The average Bonchev–Trinajstić information content (AvgIpc) is 2.36. The Bertz CT molecular complexity index is 389. The van der Waals surface area contributed by atoms with E-state index in [-0.39, 0.29) is 0 Å². The molecule has 0 bridgehead atoms. The van der Waals surface area contributed by atoms with Crippen LogP contribution >= 0.6 is 0 Å². The Morgan fingerprint density at radius 3 is 2.95 bits per heavy atom. The van der Waals surface area contributed by atoms with Gasteiger partial charge in [-0.3, -0.25) is 0 Å². The summed E-state index contributed by atoms with van der Waals surface area (Å²) in [7, 11) is 6.44. The number of hydrogen-bond donors (Lipinski definition) is 1. The summed E-state index contributed by atoms with van der Waals surface area (Å²) in [4.78, 5) is 4.65. The molecule has 19 heavy (non-hydrogen) atoms. The Kier molecular flexibility index (Phi) is 5.23. The Morgan fingerprint density at radius 1 is 1.37 bits per heavy atom. The second-order valence-electron chi connectivity index (χ2n) is 6.09. The lowest BCUT2D eigenvalue weighted by atomic mass is 9.98. The lowest BCUT2D eigenvalue weighted by Crippen LogP contribution is -2.35. The summed E-state index contributed by atoms with van der Waals surface area (Å²) in [6.45, 7) is 4.58. The van der Waals surface area contributed by atoms with Crippen molar-refractivity contribution in [2.45, 2.75) is 19.4 Å². The van der Waals surface area contributed by atoms with Crippen LogP contribution in [0.5, 0.6) is 0 Å². The summed E-state index contributed by atoms with van der Waals surface area (Å²) >= 11 is 0. The number of likely N-dealkylation sites (tertiary alicyclic amines) is 1. The van der Waals surface area contributed by atoms with Crippen molar-refractivity contribution in [1.29, 1.82) is 0 Å². The summed E-state index contributed by atoms with van der Waals surface area (Å²) in [5.74, 6) is 0.788. The second kappa shape index (κ2) is 6.92. The van der Waals surface area contributed by atoms with Gasteiger partial charge in [0.1, 0.15) is 0 Å². The van der Waals surface area contributed by atoms with E-state index in [1.165, 1.54) is 37.2 Å². The van der Waals surface area contributed by atoms with Gasteiger partial charge in [0.15, 0.2) is 0 Å². The Balaban J connectivity index is 1.85. The molecule has 0 aromatic heterocycles. The van der Waals surface area contributed by atoms with Crippen LogP contribution in [0.15, 0.2) is 24.3 Å². The molecule has 2 rings (SSSR count). The fourth-order valence-electron chi connectivity index (χ4n) is 2.85. The third-order valence-corrected chi connectivity index (χ3v) is 3.74. The van der Waals surface area contributed by atoms with Gasteiger partial charge < -0.3 is 15.1 Å². The standard InChI is InChI=1S/C16H27N3/c1-18(2)12-14-6-4-8-16(10-14)17-11-15-7-5-9-19(3)13-15/h4,6,8,10,15,17H,5,7,9,11-13H2,1-3H3. The number of benzene rings is 1. The third kappa shape index (κ3) is 4.84. The first-order valence-corrected chi connectivity index (χ1v) is 7.29. The van der Waals surface area contributed by atoms with E-state index in [9.17, 15) is 0 Å². The van der Waals surface area contributed by atoms with Crippen molar-refractivity contribution in [2.24, 2.45) is 5.92 Å². The van der Waals surface area contributed by atoms with Gasteiger partial charge in [0.2, 0.25) is 0 Å². The molecule has 1 aromatic carbocycles. The molecule has 3 heteroatoms. The summed E-state index contributed by atoms with van der Waals surface area (Å²) in [6, 6.07) is 8.78. The van der Waals surface area contributed by atoms with Crippen molar-refractivity contribution in [1.82, 2.24) is 9.80 Å². The first kappa shape index (κ1) is 14.4. The van der Waals surface area contributed by atoms with E-state index < -0.39 is 0 Å². The molecule has 0 radical (unpaired) electrons. The molecule has 3 nitrogen and oxygen atoms in total. The highest BCUT2D eigenvalue weighted by molar-refractivity contribution is 5.45. The van der Waals surface area contributed by atoms with Gasteiger partial charge in [-0.15, -0.1) is 0 Å². The predicted molar refractivity (Wildman–Crippen MR) is 82.5 cm³/mol. The number of anilines is 1. The highest BCUT2D eigenvalue weighted by atomic mass is 15.1. The van der Waals surface area contributed by atoms with Gasteiger partial charge in [-0.05, 0) is 64.1 Å². The summed E-state index contributed by atoms with van der Waals surface area (Å²) in [6.07, 6.45) is 2.69. The number of nitrogens with zero attached hydrogens (tertiary/aromatic N) is 2. The summed E-state index contributed by atoms with van der Waals surface area (Å²) in [5, 5.41) is 3.60. The molecule has 0 amide bonds. The molecule has 1 atom stereocenters. The average molecular weight is 261 g/mol. The zero-order valence-corrected chi connectivity index (χ0v) is 12.5. The van der Waals surface area contributed by atoms with E-state index >= 15 is 0 Å². The van der Waals surface area contributed by atoms with Crippen LogP contribution in [0.4, 0.5) is 5.69 Å². The van der Waals surface area contributed by atoms with Gasteiger partial charge in [-0.2, -0.15) is 0 Å². The van der Waals surface area contributed by atoms with Gasteiger partial charge in [0.25, 0.3) is 0 Å². The van der Waals surface area contributed by atoms with E-state index in [4.69, 9.17) is 0 Å². The predicted octanol–water partition coefficient (Wildman–Crippen LogP) is 2.50. The minimum atomic E-state index is 0.788. The van der Waals surface area contributed by atoms with E-state index in [1.807, 2.05) is 0 Å². The van der Waals surface area contributed by atoms with E-state index in [0.717, 1.165) is 19.0 Å². The first-order valence-electron chi connectivity index (χ1n) is 7.29. The molecule has 0 spiro atoms. The molecular weight excluding hydrogens is 234 g/mol. The first-order chi connectivity index (χ1) is 9.13. The fraction of sp³-hybridized carbons (Fsp3) is 0.625. The molecule has 0 aliphatic carbocycles. The van der Waals surface area contributed by atoms with E-state index in [2.05, 4.69) is 60.5 Å². The maximum Gasteiger partial charge on any atom is 0.0343 e. The molecule has 1 heterocycles. The minimum Gasteiger partial charge on any atom is -0.385 e. The number of hydrogen-bond acceptors (Lipinski definition) is 3. The van der Waals surface area contributed by atoms with Crippen molar-refractivity contribution in [3.63, 3.8) is 0 Å². The van der Waals surface area contributed by atoms with Crippen LogP contribution in [-0.4, -0.2) is 50.6 Å². The summed E-state index contributed by atoms with van der Waals surface area (Å²) < 4.78 is 0. The van der Waals surface area contributed by atoms with Crippen LogP contribution in [0.25, 0.3) is 0 Å². The zero-order valence-electron chi connectivity index (χ0n) is 12.5. The van der Waals surface area contributed by atoms with Gasteiger partial charge in [-0.25, -0.2) is 0 Å². The van der Waals surface area contributed by atoms with Crippen LogP contribution in [0, 0.1) is 5.92 Å². The van der Waals surface area contributed by atoms with Crippen molar-refractivity contribution >= 4 is 5.69 Å². The van der Waals surface area contributed by atoms with Gasteiger partial charge in [0, 0.05) is 25.3 Å². The Labute approximate surface area is 117 Å². The topological polar surface area (TPSA) is 18.5 Å². The van der Waals surface area contributed by atoms with Gasteiger partial charge in [-0.1, -0.05) is 12.1 Å². The van der Waals surface area contributed by atoms with Crippen LogP contribution < -0.4 is 5.32 Å². The molecule has 1 aliphatic rings. The Hall–Kier alpha value is -1.06. The highest BCUT2D eigenvalue weighted by Crippen LogP contribution is 2.17. The lowest BCUT2D eigenvalue weighted by molar-refractivity contribution is 0.217. The molecule has 1 unspecified atom stereocenters. The smallest absolute Gasteiger partial charge is 0.0343 e. The molecule has 106 valence electrons. The van der Waals surface area contributed by atoms with E-state index in [0.29, 0.717) is 0 Å². The normalized spacial score (nSPS) is 20.7. The largest absolute Gasteiger partial charge is 0.385 e. The molecule has 1 aliphatic heterocycles. The summed E-state index contributed by atoms with van der Waals surface area (Å²) in [5.41, 5.74) is 2.63. The molecule has 1 saturated heterocycles. The molecular formula is C16H27N3. The van der Waals surface area contributed by atoms with E-state index in [1.54, 1.807) is 0 Å². The van der Waals surface area contributed by atoms with Gasteiger partial charge in [0.05, 0.1) is 0 Å². The molecule has 0 saturated carbocycles. The van der Waals surface area contributed by atoms with Crippen LogP contribution in [0.1, 0.15) is 18.4 Å². The number of rotatable bonds is 5. The van der Waals surface area contributed by atoms with Crippen molar-refractivity contribution in [3.05, 3.63) is 29.8 Å². The van der Waals surface area contributed by atoms with Crippen molar-refractivity contribution in [2.75, 3.05) is 46.1 Å². The Morgan fingerprint density at radius 2 is 2.21 bits per heavy atom. The van der Waals surface area contributed by atoms with Crippen molar-refractivity contribution < 1.29 is 0 Å². The second-order valence-corrected chi connectivity index (χ2v) is 6.09. The van der Waals surface area contributed by atoms with Crippen LogP contribution in [-0.2, 0) is 6.54 Å². The van der Waals surface area contributed by atoms with Crippen molar-refractivity contribution in [3.8, 4) is 0 Å². The molecule has 1 N–H and O–H groups in total. The lowest BCUT2D eigenvalue weighted by Gasteiger charge is -2.30. The molecule has 1 aromatic rings. The monoisotopic (exact) mass is 261 g/mol. The van der Waals surface area contributed by atoms with Crippen LogP contribution in [0.3, 0.4) is 0 Å². The number of nitrogens with one attached hydrogen (secondary N) is 1. The maximum absolute atomic E-state index is 3.60. The maximum atomic E-state index is 3.60. The minimum absolute atomic E-state index is 0.788. The number of piperidine rings is 1. The fourth-order valence-corrected chi connectivity index (χ4v) is 2.85. The third-order valence-electron chi connectivity index (χ3n) is 3.74. The quantitative estimate of drug-likeness (QED) is 0.878. The highest BCUT2D eigenvalue weighted by Gasteiger charge is 2.16.